The van der Waals surface area contributed by atoms with Crippen LogP contribution in [0.4, 0.5) is 0 Å². The third-order valence-electron chi connectivity index (χ3n) is 10.0. The van der Waals surface area contributed by atoms with Gasteiger partial charge in [0.25, 0.3) is 0 Å². The van der Waals surface area contributed by atoms with E-state index in [1.54, 1.807) is 0 Å². The van der Waals surface area contributed by atoms with Gasteiger partial charge in [-0.3, -0.25) is 0 Å². The molecule has 4 aromatic carbocycles. The summed E-state index contributed by atoms with van der Waals surface area (Å²) >= 11 is 0. The van der Waals surface area contributed by atoms with E-state index in [0.29, 0.717) is 0 Å². The molecule has 0 saturated carbocycles. The normalized spacial score (nSPS) is 11.9. The Bertz CT molecular complexity index is 2000. The summed E-state index contributed by atoms with van der Waals surface area (Å²) in [5.41, 5.74) is 21.7. The lowest BCUT2D eigenvalue weighted by molar-refractivity contribution is 1.22. The van der Waals surface area contributed by atoms with Gasteiger partial charge < -0.3 is 9.55 Å². The first-order valence-corrected chi connectivity index (χ1v) is 13.5. The summed E-state index contributed by atoms with van der Waals surface area (Å²) in [6.45, 7) is 0. The number of hydrogen-bond donors (Lipinski definition) is 1. The Morgan fingerprint density at radius 3 is 1.59 bits per heavy atom. The van der Waals surface area contributed by atoms with Gasteiger partial charge in [-0.15, -0.1) is 10.9 Å². The summed E-state index contributed by atoms with van der Waals surface area (Å²) < 4.78 is 2.60. The van der Waals surface area contributed by atoms with Gasteiger partial charge in [-0.05, 0) is 6.07 Å². The number of rotatable bonds is 1. The van der Waals surface area contributed by atoms with Crippen LogP contribution in [0, 0.1) is 0 Å². The van der Waals surface area contributed by atoms with Crippen LogP contribution in [-0.4, -0.2) is 95.9 Å². The molecule has 0 saturated heterocycles. The Balaban J connectivity index is 2.00. The Hall–Kier alpha value is -2.81. The maximum atomic E-state index is 3.92. The second kappa shape index (κ2) is 8.09. The number of H-pyrrole nitrogens is 1. The van der Waals surface area contributed by atoms with Gasteiger partial charge in [-0.25, -0.2) is 0 Å². The number of benzene rings is 4. The summed E-state index contributed by atoms with van der Waals surface area (Å²) in [6, 6.07) is 8.99. The molecule has 0 aliphatic heterocycles. The van der Waals surface area contributed by atoms with Crippen LogP contribution in [0.1, 0.15) is 0 Å². The largest absolute Gasteiger partial charge is 0.355 e. The van der Waals surface area contributed by atoms with Crippen molar-refractivity contribution in [3.8, 4) is 5.69 Å². The van der Waals surface area contributed by atoms with Crippen LogP contribution < -0.4 is 60.1 Å². The topological polar surface area (TPSA) is 20.7 Å². The molecule has 0 amide bonds. The van der Waals surface area contributed by atoms with Gasteiger partial charge in [0, 0.05) is 43.8 Å². The van der Waals surface area contributed by atoms with Crippen LogP contribution in [-0.2, 0) is 0 Å². The van der Waals surface area contributed by atoms with Gasteiger partial charge in [0.2, 0.25) is 0 Å². The summed E-state index contributed by atoms with van der Waals surface area (Å²) in [7, 11) is 25.2. The minimum Gasteiger partial charge on any atom is -0.355 e. The van der Waals surface area contributed by atoms with E-state index in [0.717, 1.165) is 0 Å². The summed E-state index contributed by atoms with van der Waals surface area (Å²) in [5.74, 6) is 0. The lowest BCUT2D eigenvalue weighted by atomic mass is 9.65. The van der Waals surface area contributed by atoms with Crippen molar-refractivity contribution in [2.75, 3.05) is 0 Å². The quantitative estimate of drug-likeness (QED) is 0.235. The standard InChI is InChI=1S/C24H27B11N2/c25-10-7-5-3-1-2-4-6(5)37(23(7)19(34)15(30)12(10)27)24-9-8-11(26)13(28)14(29)17(32)21(8)36-22(9)18(33)16(31)20(24)35/h1-4,36H,25-35H2. The second-order valence-electron chi connectivity index (χ2n) is 11.4. The van der Waals surface area contributed by atoms with E-state index in [9.17, 15) is 0 Å². The van der Waals surface area contributed by atoms with E-state index in [1.165, 1.54) is 109 Å². The molecule has 0 unspecified atom stereocenters. The van der Waals surface area contributed by atoms with Crippen LogP contribution in [0.25, 0.3) is 49.3 Å². The number of para-hydroxylation sites is 1. The molecule has 1 N–H and O–H groups in total. The lowest BCUT2D eigenvalue weighted by Crippen LogP contribution is -2.48. The zero-order valence-corrected chi connectivity index (χ0v) is 24.3. The molecule has 0 spiro atoms. The van der Waals surface area contributed by atoms with E-state index >= 15 is 0 Å². The molecular formula is C24H27B11N2. The van der Waals surface area contributed by atoms with E-state index in [-0.39, 0.29) is 0 Å². The monoisotopic (exact) mass is 464 g/mol. The molecule has 0 aliphatic carbocycles. The van der Waals surface area contributed by atoms with Crippen molar-refractivity contribution in [2.24, 2.45) is 0 Å². The highest BCUT2D eigenvalue weighted by Gasteiger charge is 2.25. The molecule has 166 valence electrons. The molecule has 0 fully saturated rings. The summed E-state index contributed by atoms with van der Waals surface area (Å²) in [6.07, 6.45) is 0. The van der Waals surface area contributed by atoms with Crippen LogP contribution >= 0.6 is 0 Å². The smallest absolute Gasteiger partial charge is 0.141 e. The van der Waals surface area contributed by atoms with Gasteiger partial charge >= 0.3 is 0 Å². The Labute approximate surface area is 229 Å². The van der Waals surface area contributed by atoms with Crippen molar-refractivity contribution >= 4 is 190 Å². The third kappa shape index (κ3) is 2.98. The average molecular weight is 462 g/mol. The second-order valence-corrected chi connectivity index (χ2v) is 11.4. The minimum absolute atomic E-state index is 1.27. The van der Waals surface area contributed by atoms with Crippen LogP contribution in [0.2, 0.25) is 0 Å². The highest BCUT2D eigenvalue weighted by atomic mass is 15.0. The number of fused-ring (bicyclic) bond motifs is 6. The number of aromatic amines is 1. The predicted octanol–water partition coefficient (Wildman–Crippen LogP) is -12.7. The molecule has 37 heavy (non-hydrogen) atoms. The molecule has 0 aliphatic rings. The van der Waals surface area contributed by atoms with Crippen molar-refractivity contribution in [1.82, 2.24) is 9.55 Å². The van der Waals surface area contributed by atoms with Crippen LogP contribution in [0.15, 0.2) is 24.3 Å². The van der Waals surface area contributed by atoms with Crippen molar-refractivity contribution < 1.29 is 0 Å². The lowest BCUT2D eigenvalue weighted by Gasteiger charge is -2.21. The zero-order chi connectivity index (χ0) is 26.7. The first-order chi connectivity index (χ1) is 17.5. The van der Waals surface area contributed by atoms with E-state index < -0.39 is 0 Å². The molecule has 2 nitrogen and oxygen atoms in total. The average Bonchev–Trinajstić information content (AvgIpc) is 3.45. The maximum Gasteiger partial charge on any atom is 0.141 e. The maximum absolute atomic E-state index is 3.92. The van der Waals surface area contributed by atoms with E-state index in [2.05, 4.69) is 120 Å². The molecule has 0 radical (unpaired) electrons. The van der Waals surface area contributed by atoms with E-state index in [4.69, 9.17) is 0 Å². The van der Waals surface area contributed by atoms with Crippen molar-refractivity contribution in [1.29, 1.82) is 0 Å². The number of nitrogens with one attached hydrogen (secondary N) is 1. The zero-order valence-electron chi connectivity index (χ0n) is 24.3. The fraction of sp³-hybridized carbons (Fsp3) is 0. The Morgan fingerprint density at radius 2 is 0.946 bits per heavy atom. The molecular weight excluding hydrogens is 435 g/mol. The van der Waals surface area contributed by atoms with Gasteiger partial charge in [-0.1, -0.05) is 67.4 Å². The Morgan fingerprint density at radius 1 is 0.459 bits per heavy atom. The fourth-order valence-electron chi connectivity index (χ4n) is 6.86. The highest BCUT2D eigenvalue weighted by Crippen LogP contribution is 2.33. The van der Waals surface area contributed by atoms with Gasteiger partial charge in [0.15, 0.2) is 0 Å². The van der Waals surface area contributed by atoms with Crippen molar-refractivity contribution in [2.45, 2.75) is 0 Å². The molecule has 2 heterocycles. The molecule has 6 aromatic rings. The molecule has 13 heteroatoms. The number of hydrogen-bond acceptors (Lipinski definition) is 0. The van der Waals surface area contributed by atoms with Gasteiger partial charge in [0.1, 0.15) is 86.3 Å². The number of aromatic nitrogens is 2. The molecule has 0 bridgehead atoms. The molecule has 2 aromatic heterocycles. The summed E-state index contributed by atoms with van der Waals surface area (Å²) in [5, 5.41) is 5.46. The van der Waals surface area contributed by atoms with E-state index in [1.807, 2.05) is 0 Å². The summed E-state index contributed by atoms with van der Waals surface area (Å²) in [4.78, 5) is 3.92. The SMILES string of the molecule is Bc1c(B)c(B)c2c([nH]c3c(B)c(B)c(B)c(-n4c5ccccc5c5c(B)c(B)c(B)c(B)c54)c32)c1B. The fourth-order valence-corrected chi connectivity index (χ4v) is 6.86. The third-order valence-corrected chi connectivity index (χ3v) is 10.0. The van der Waals surface area contributed by atoms with Crippen molar-refractivity contribution in [3.63, 3.8) is 0 Å². The van der Waals surface area contributed by atoms with Gasteiger partial charge in [0.05, 0.1) is 5.52 Å². The predicted molar refractivity (Wildman–Crippen MR) is 200 cm³/mol. The minimum atomic E-state index is 1.27. The Kier molecular flexibility index (Phi) is 5.37. The van der Waals surface area contributed by atoms with Crippen LogP contribution in [0.5, 0.6) is 0 Å². The highest BCUT2D eigenvalue weighted by molar-refractivity contribution is 6.70. The van der Waals surface area contributed by atoms with Gasteiger partial charge in [-0.2, -0.15) is 0 Å². The first-order valence-electron chi connectivity index (χ1n) is 13.5. The van der Waals surface area contributed by atoms with Crippen molar-refractivity contribution in [3.05, 3.63) is 24.3 Å². The first kappa shape index (κ1) is 24.5. The molecule has 6 rings (SSSR count). The molecule has 0 atom stereocenters. The number of nitrogens with zero attached hydrogens (tertiary/aromatic N) is 1. The van der Waals surface area contributed by atoms with Crippen LogP contribution in [0.3, 0.4) is 0 Å².